The topological polar surface area (TPSA) is 54.0 Å². The van der Waals surface area contributed by atoms with Crippen LogP contribution in [0.25, 0.3) is 0 Å². The predicted molar refractivity (Wildman–Crippen MR) is 88.1 cm³/mol. The number of aromatic nitrogens is 1. The molecule has 0 spiro atoms. The van der Waals surface area contributed by atoms with Crippen molar-refractivity contribution in [2.45, 2.75) is 25.8 Å². The molecule has 1 unspecified atom stereocenters. The predicted octanol–water partition coefficient (Wildman–Crippen LogP) is 3.32. The van der Waals surface area contributed by atoms with Gasteiger partial charge in [-0.2, -0.15) is 0 Å². The van der Waals surface area contributed by atoms with E-state index in [9.17, 15) is 4.79 Å². The van der Waals surface area contributed by atoms with Gasteiger partial charge in [-0.25, -0.2) is 4.98 Å². The van der Waals surface area contributed by atoms with Crippen molar-refractivity contribution in [2.75, 3.05) is 12.4 Å². The molecule has 0 aliphatic heterocycles. The van der Waals surface area contributed by atoms with Gasteiger partial charge in [-0.15, -0.1) is 11.3 Å². The van der Waals surface area contributed by atoms with Crippen LogP contribution in [0.15, 0.2) is 30.5 Å². The van der Waals surface area contributed by atoms with Gasteiger partial charge in [-0.05, 0) is 25.1 Å². The number of carbonyl (C=O) groups excluding carboxylic acids is 1. The van der Waals surface area contributed by atoms with Gasteiger partial charge in [0, 0.05) is 22.5 Å². The molecule has 1 heterocycles. The Kier molecular flexibility index (Phi) is 5.73. The fraction of sp³-hybridized carbons (Fsp3) is 0.333. The summed E-state index contributed by atoms with van der Waals surface area (Å²) in [5.41, 5.74) is 1.06. The van der Waals surface area contributed by atoms with Crippen LogP contribution in [0.4, 0.5) is 5.13 Å². The third-order valence-corrected chi connectivity index (χ3v) is 4.46. The first-order chi connectivity index (χ1) is 10.1. The second kappa shape index (κ2) is 7.54. The molecule has 0 aliphatic carbocycles. The molecule has 1 aromatic carbocycles. The zero-order valence-corrected chi connectivity index (χ0v) is 13.6. The molecular formula is C15H18ClN3OS. The summed E-state index contributed by atoms with van der Waals surface area (Å²) in [4.78, 5) is 17.3. The van der Waals surface area contributed by atoms with E-state index in [1.165, 1.54) is 11.3 Å². The van der Waals surface area contributed by atoms with E-state index in [0.717, 1.165) is 28.3 Å². The van der Waals surface area contributed by atoms with Gasteiger partial charge in [-0.1, -0.05) is 36.7 Å². The lowest BCUT2D eigenvalue weighted by Crippen LogP contribution is -2.37. The van der Waals surface area contributed by atoms with Crippen molar-refractivity contribution >= 4 is 34.0 Å². The van der Waals surface area contributed by atoms with Gasteiger partial charge >= 0.3 is 0 Å². The Bertz CT molecular complexity index is 610. The molecule has 21 heavy (non-hydrogen) atoms. The van der Waals surface area contributed by atoms with Gasteiger partial charge in [0.1, 0.15) is 0 Å². The zero-order chi connectivity index (χ0) is 15.2. The summed E-state index contributed by atoms with van der Waals surface area (Å²) in [6.07, 6.45) is 3.24. The quantitative estimate of drug-likeness (QED) is 0.857. The number of thiazole rings is 1. The minimum Gasteiger partial charge on any atom is -0.309 e. The fourth-order valence-electron chi connectivity index (χ4n) is 1.99. The first-order valence-corrected chi connectivity index (χ1v) is 7.99. The Hall–Kier alpha value is -1.43. The largest absolute Gasteiger partial charge is 0.309 e. The fourth-order valence-corrected chi connectivity index (χ4v) is 3.03. The van der Waals surface area contributed by atoms with Gasteiger partial charge < -0.3 is 10.6 Å². The highest BCUT2D eigenvalue weighted by atomic mass is 35.5. The second-order valence-electron chi connectivity index (χ2n) is 4.64. The summed E-state index contributed by atoms with van der Waals surface area (Å²) in [5.74, 6) is -0.0568. The standard InChI is InChI=1S/C15H18ClN3OS/c1-3-13(17-2)14(20)19-15-18-9-11(21-15)8-10-6-4-5-7-12(10)16/h4-7,9,13,17H,3,8H2,1-2H3,(H,18,19,20). The Labute approximate surface area is 133 Å². The maximum absolute atomic E-state index is 12.0. The van der Waals surface area contributed by atoms with Gasteiger partial charge in [0.2, 0.25) is 5.91 Å². The molecule has 0 saturated carbocycles. The van der Waals surface area contributed by atoms with Gasteiger partial charge in [0.05, 0.1) is 6.04 Å². The number of nitrogens with one attached hydrogen (secondary N) is 2. The molecule has 112 valence electrons. The third kappa shape index (κ3) is 4.27. The molecule has 0 saturated heterocycles. The van der Waals surface area contributed by atoms with E-state index in [4.69, 9.17) is 11.6 Å². The van der Waals surface area contributed by atoms with Crippen LogP contribution >= 0.6 is 22.9 Å². The van der Waals surface area contributed by atoms with Crippen molar-refractivity contribution in [1.82, 2.24) is 10.3 Å². The van der Waals surface area contributed by atoms with E-state index >= 15 is 0 Å². The molecule has 0 fully saturated rings. The van der Waals surface area contributed by atoms with E-state index in [1.807, 2.05) is 31.2 Å². The second-order valence-corrected chi connectivity index (χ2v) is 6.16. The van der Waals surface area contributed by atoms with Crippen LogP contribution < -0.4 is 10.6 Å². The maximum Gasteiger partial charge on any atom is 0.243 e. The highest BCUT2D eigenvalue weighted by Crippen LogP contribution is 2.24. The van der Waals surface area contributed by atoms with E-state index in [0.29, 0.717) is 5.13 Å². The lowest BCUT2D eigenvalue weighted by molar-refractivity contribution is -0.118. The van der Waals surface area contributed by atoms with Crippen molar-refractivity contribution < 1.29 is 4.79 Å². The van der Waals surface area contributed by atoms with Crippen molar-refractivity contribution in [3.8, 4) is 0 Å². The Balaban J connectivity index is 2.02. The highest BCUT2D eigenvalue weighted by molar-refractivity contribution is 7.15. The SMILES string of the molecule is CCC(NC)C(=O)Nc1ncc(Cc2ccccc2Cl)s1. The van der Waals surface area contributed by atoms with Crippen LogP contribution in [0, 0.1) is 0 Å². The van der Waals surface area contributed by atoms with Crippen LogP contribution in [0.5, 0.6) is 0 Å². The van der Waals surface area contributed by atoms with Crippen LogP contribution in [0.2, 0.25) is 5.02 Å². The summed E-state index contributed by atoms with van der Waals surface area (Å²) in [7, 11) is 1.78. The molecule has 2 rings (SSSR count). The van der Waals surface area contributed by atoms with E-state index in [-0.39, 0.29) is 11.9 Å². The number of halogens is 1. The van der Waals surface area contributed by atoms with Crippen molar-refractivity contribution in [3.63, 3.8) is 0 Å². The molecule has 1 atom stereocenters. The number of likely N-dealkylation sites (N-methyl/N-ethyl adjacent to an activating group) is 1. The summed E-state index contributed by atoms with van der Waals surface area (Å²) in [6.45, 7) is 1.96. The number of benzene rings is 1. The molecule has 6 heteroatoms. The molecule has 0 aliphatic rings. The summed E-state index contributed by atoms with van der Waals surface area (Å²) >= 11 is 7.62. The molecule has 0 bridgehead atoms. The van der Waals surface area contributed by atoms with Crippen molar-refractivity contribution in [3.05, 3.63) is 45.9 Å². The lowest BCUT2D eigenvalue weighted by Gasteiger charge is -2.11. The minimum atomic E-state index is -0.194. The minimum absolute atomic E-state index is 0.0568. The molecule has 2 N–H and O–H groups in total. The molecule has 1 aromatic heterocycles. The first kappa shape index (κ1) is 15.9. The van der Waals surface area contributed by atoms with E-state index in [2.05, 4.69) is 15.6 Å². The number of carbonyl (C=O) groups is 1. The van der Waals surface area contributed by atoms with Crippen LogP contribution in [-0.2, 0) is 11.2 Å². The smallest absolute Gasteiger partial charge is 0.243 e. The van der Waals surface area contributed by atoms with Crippen LogP contribution in [0.1, 0.15) is 23.8 Å². The Morgan fingerprint density at radius 1 is 1.43 bits per heavy atom. The van der Waals surface area contributed by atoms with Gasteiger partial charge in [0.15, 0.2) is 5.13 Å². The maximum atomic E-state index is 12.0. The Morgan fingerprint density at radius 3 is 2.86 bits per heavy atom. The first-order valence-electron chi connectivity index (χ1n) is 6.80. The van der Waals surface area contributed by atoms with Crippen molar-refractivity contribution in [1.29, 1.82) is 0 Å². The van der Waals surface area contributed by atoms with Crippen molar-refractivity contribution in [2.24, 2.45) is 0 Å². The molecule has 2 aromatic rings. The zero-order valence-electron chi connectivity index (χ0n) is 12.0. The number of hydrogen-bond acceptors (Lipinski definition) is 4. The molecule has 0 radical (unpaired) electrons. The third-order valence-electron chi connectivity index (χ3n) is 3.18. The number of amides is 1. The van der Waals surface area contributed by atoms with E-state index < -0.39 is 0 Å². The lowest BCUT2D eigenvalue weighted by atomic mass is 10.1. The van der Waals surface area contributed by atoms with Crippen LogP contribution in [-0.4, -0.2) is 24.0 Å². The number of hydrogen-bond donors (Lipinski definition) is 2. The Morgan fingerprint density at radius 2 is 2.19 bits per heavy atom. The molecule has 1 amide bonds. The summed E-state index contributed by atoms with van der Waals surface area (Å²) < 4.78 is 0. The van der Waals surface area contributed by atoms with Gasteiger partial charge in [-0.3, -0.25) is 4.79 Å². The molecule has 4 nitrogen and oxygen atoms in total. The molecular weight excluding hydrogens is 306 g/mol. The van der Waals surface area contributed by atoms with Gasteiger partial charge in [0.25, 0.3) is 0 Å². The van der Waals surface area contributed by atoms with Crippen LogP contribution in [0.3, 0.4) is 0 Å². The average molecular weight is 324 g/mol. The monoisotopic (exact) mass is 323 g/mol. The average Bonchev–Trinajstić information content (AvgIpc) is 2.90. The number of nitrogens with zero attached hydrogens (tertiary/aromatic N) is 1. The van der Waals surface area contributed by atoms with E-state index in [1.54, 1.807) is 13.2 Å². The number of anilines is 1. The highest BCUT2D eigenvalue weighted by Gasteiger charge is 2.15. The summed E-state index contributed by atoms with van der Waals surface area (Å²) in [6, 6.07) is 7.55. The summed E-state index contributed by atoms with van der Waals surface area (Å²) in [5, 5.41) is 7.18. The number of rotatable bonds is 6. The normalized spacial score (nSPS) is 12.1.